The summed E-state index contributed by atoms with van der Waals surface area (Å²) in [5, 5.41) is 4.55. The molecule has 110 valence electrons. The van der Waals surface area contributed by atoms with Gasteiger partial charge in [-0.25, -0.2) is 0 Å². The van der Waals surface area contributed by atoms with Crippen LogP contribution in [0.1, 0.15) is 31.5 Å². The molecule has 0 saturated carbocycles. The lowest BCUT2D eigenvalue weighted by molar-refractivity contribution is 0.205. The number of rotatable bonds is 8. The molecule has 19 heavy (non-hydrogen) atoms. The Morgan fingerprint density at radius 2 is 2.11 bits per heavy atom. The Hall–Kier alpha value is -1.07. The molecular weight excluding hydrogens is 240 g/mol. The van der Waals surface area contributed by atoms with Crippen LogP contribution in [0.5, 0.6) is 0 Å². The SMILES string of the molecule is CCC(N)Cc1c(C)nn(C)c1N(CC)CCOC. The zero-order valence-corrected chi connectivity index (χ0v) is 12.9. The Morgan fingerprint density at radius 3 is 2.63 bits per heavy atom. The van der Waals surface area contributed by atoms with Crippen LogP contribution in [0.25, 0.3) is 0 Å². The maximum Gasteiger partial charge on any atom is 0.130 e. The van der Waals surface area contributed by atoms with Crippen LogP contribution in [0, 0.1) is 6.92 Å². The van der Waals surface area contributed by atoms with E-state index in [0.717, 1.165) is 38.2 Å². The summed E-state index contributed by atoms with van der Waals surface area (Å²) in [4.78, 5) is 2.31. The Labute approximate surface area is 116 Å². The largest absolute Gasteiger partial charge is 0.383 e. The summed E-state index contributed by atoms with van der Waals surface area (Å²) in [5.74, 6) is 1.18. The Kier molecular flexibility index (Phi) is 6.31. The first-order valence-electron chi connectivity index (χ1n) is 7.07. The van der Waals surface area contributed by atoms with E-state index in [9.17, 15) is 0 Å². The summed E-state index contributed by atoms with van der Waals surface area (Å²) < 4.78 is 7.15. The minimum Gasteiger partial charge on any atom is -0.383 e. The second kappa shape index (κ2) is 7.50. The normalized spacial score (nSPS) is 12.7. The van der Waals surface area contributed by atoms with Crippen LogP contribution in [0.3, 0.4) is 0 Å². The maximum absolute atomic E-state index is 6.11. The van der Waals surface area contributed by atoms with Crippen LogP contribution in [-0.2, 0) is 18.2 Å². The van der Waals surface area contributed by atoms with E-state index in [-0.39, 0.29) is 6.04 Å². The highest BCUT2D eigenvalue weighted by molar-refractivity contribution is 5.50. The molecule has 0 bridgehead atoms. The van der Waals surface area contributed by atoms with Crippen LogP contribution in [0.4, 0.5) is 5.82 Å². The van der Waals surface area contributed by atoms with E-state index in [2.05, 4.69) is 30.8 Å². The minimum atomic E-state index is 0.197. The molecule has 0 amide bonds. The Bertz CT molecular complexity index is 389. The molecular formula is C14H28N4O. The molecule has 0 fully saturated rings. The molecule has 0 aliphatic rings. The average molecular weight is 268 g/mol. The number of anilines is 1. The molecule has 5 heteroatoms. The maximum atomic E-state index is 6.11. The fraction of sp³-hybridized carbons (Fsp3) is 0.786. The Balaban J connectivity index is 3.02. The molecule has 1 aromatic rings. The van der Waals surface area contributed by atoms with E-state index < -0.39 is 0 Å². The quantitative estimate of drug-likeness (QED) is 0.776. The van der Waals surface area contributed by atoms with Crippen molar-refractivity contribution >= 4 is 5.82 Å². The van der Waals surface area contributed by atoms with Gasteiger partial charge in [0.2, 0.25) is 0 Å². The summed E-state index contributed by atoms with van der Waals surface area (Å²) in [6, 6.07) is 0.197. The predicted octanol–water partition coefficient (Wildman–Crippen LogP) is 1.48. The van der Waals surface area contributed by atoms with Gasteiger partial charge in [-0.15, -0.1) is 0 Å². The van der Waals surface area contributed by atoms with Crippen molar-refractivity contribution < 1.29 is 4.74 Å². The van der Waals surface area contributed by atoms with Crippen molar-refractivity contribution in [3.05, 3.63) is 11.3 Å². The molecule has 5 nitrogen and oxygen atoms in total. The number of aryl methyl sites for hydroxylation is 2. The molecule has 1 atom stereocenters. The fourth-order valence-corrected chi connectivity index (χ4v) is 2.35. The van der Waals surface area contributed by atoms with E-state index in [1.165, 1.54) is 11.4 Å². The van der Waals surface area contributed by atoms with Gasteiger partial charge in [0.05, 0.1) is 12.3 Å². The summed E-state index contributed by atoms with van der Waals surface area (Å²) >= 11 is 0. The number of hydrogen-bond acceptors (Lipinski definition) is 4. The van der Waals surface area contributed by atoms with Crippen LogP contribution in [0.15, 0.2) is 0 Å². The summed E-state index contributed by atoms with van der Waals surface area (Å²) in [6.07, 6.45) is 1.87. The van der Waals surface area contributed by atoms with Gasteiger partial charge in [0.15, 0.2) is 0 Å². The van der Waals surface area contributed by atoms with Crippen molar-refractivity contribution in [3.63, 3.8) is 0 Å². The zero-order valence-electron chi connectivity index (χ0n) is 12.9. The third kappa shape index (κ3) is 3.94. The molecule has 0 radical (unpaired) electrons. The van der Waals surface area contributed by atoms with Crippen LogP contribution in [-0.4, -0.2) is 42.6 Å². The van der Waals surface area contributed by atoms with Gasteiger partial charge < -0.3 is 15.4 Å². The van der Waals surface area contributed by atoms with Crippen LogP contribution in [0.2, 0.25) is 0 Å². The van der Waals surface area contributed by atoms with Crippen molar-refractivity contribution in [2.45, 2.75) is 39.7 Å². The predicted molar refractivity (Wildman–Crippen MR) is 79.7 cm³/mol. The molecule has 1 rings (SSSR count). The number of nitrogens with zero attached hydrogens (tertiary/aromatic N) is 3. The number of likely N-dealkylation sites (N-methyl/N-ethyl adjacent to an activating group) is 1. The van der Waals surface area contributed by atoms with Crippen molar-refractivity contribution in [2.75, 3.05) is 31.7 Å². The van der Waals surface area contributed by atoms with Crippen molar-refractivity contribution in [1.29, 1.82) is 0 Å². The molecule has 0 spiro atoms. The third-order valence-electron chi connectivity index (χ3n) is 3.55. The second-order valence-corrected chi connectivity index (χ2v) is 4.96. The zero-order chi connectivity index (χ0) is 14.4. The average Bonchev–Trinajstić information content (AvgIpc) is 2.66. The lowest BCUT2D eigenvalue weighted by Crippen LogP contribution is -2.31. The first-order valence-corrected chi connectivity index (χ1v) is 7.07. The smallest absolute Gasteiger partial charge is 0.130 e. The van der Waals surface area contributed by atoms with E-state index in [1.807, 2.05) is 11.7 Å². The van der Waals surface area contributed by atoms with E-state index in [0.29, 0.717) is 0 Å². The fourth-order valence-electron chi connectivity index (χ4n) is 2.35. The molecule has 1 unspecified atom stereocenters. The topological polar surface area (TPSA) is 56.3 Å². The van der Waals surface area contributed by atoms with Gasteiger partial charge in [-0.1, -0.05) is 6.92 Å². The van der Waals surface area contributed by atoms with Gasteiger partial charge >= 0.3 is 0 Å². The highest BCUT2D eigenvalue weighted by Crippen LogP contribution is 2.24. The van der Waals surface area contributed by atoms with Gasteiger partial charge in [-0.3, -0.25) is 4.68 Å². The lowest BCUT2D eigenvalue weighted by Gasteiger charge is -2.24. The van der Waals surface area contributed by atoms with Gasteiger partial charge in [-0.2, -0.15) is 5.10 Å². The summed E-state index contributed by atoms with van der Waals surface area (Å²) in [7, 11) is 3.73. The van der Waals surface area contributed by atoms with Crippen LogP contribution >= 0.6 is 0 Å². The molecule has 0 aliphatic heterocycles. The number of aromatic nitrogens is 2. The number of ether oxygens (including phenoxy) is 1. The van der Waals surface area contributed by atoms with Gasteiger partial charge in [0.25, 0.3) is 0 Å². The molecule has 2 N–H and O–H groups in total. The first kappa shape index (κ1) is 16.0. The number of hydrogen-bond donors (Lipinski definition) is 1. The highest BCUT2D eigenvalue weighted by atomic mass is 16.5. The van der Waals surface area contributed by atoms with E-state index in [4.69, 9.17) is 10.5 Å². The molecule has 0 saturated heterocycles. The van der Waals surface area contributed by atoms with Gasteiger partial charge in [-0.05, 0) is 26.7 Å². The molecule has 0 aliphatic carbocycles. The van der Waals surface area contributed by atoms with Gasteiger partial charge in [0, 0.05) is 38.9 Å². The van der Waals surface area contributed by atoms with Crippen molar-refractivity contribution in [3.8, 4) is 0 Å². The number of methoxy groups -OCH3 is 1. The summed E-state index contributed by atoms with van der Waals surface area (Å²) in [6.45, 7) is 8.87. The third-order valence-corrected chi connectivity index (χ3v) is 3.55. The van der Waals surface area contributed by atoms with Crippen molar-refractivity contribution in [1.82, 2.24) is 9.78 Å². The monoisotopic (exact) mass is 268 g/mol. The van der Waals surface area contributed by atoms with Crippen molar-refractivity contribution in [2.24, 2.45) is 12.8 Å². The molecule has 1 aromatic heterocycles. The Morgan fingerprint density at radius 1 is 1.42 bits per heavy atom. The lowest BCUT2D eigenvalue weighted by atomic mass is 10.0. The van der Waals surface area contributed by atoms with Gasteiger partial charge in [0.1, 0.15) is 5.82 Å². The highest BCUT2D eigenvalue weighted by Gasteiger charge is 2.19. The second-order valence-electron chi connectivity index (χ2n) is 4.96. The van der Waals surface area contributed by atoms with E-state index in [1.54, 1.807) is 7.11 Å². The minimum absolute atomic E-state index is 0.197. The molecule has 1 heterocycles. The van der Waals surface area contributed by atoms with Crippen LogP contribution < -0.4 is 10.6 Å². The standard InChI is InChI=1S/C14H28N4O/c1-6-12(15)10-13-11(3)16-17(4)14(13)18(7-2)8-9-19-5/h12H,6-10,15H2,1-5H3. The molecule has 0 aromatic carbocycles. The first-order chi connectivity index (χ1) is 9.04. The van der Waals surface area contributed by atoms with E-state index >= 15 is 0 Å². The summed E-state index contributed by atoms with van der Waals surface area (Å²) in [5.41, 5.74) is 8.47. The number of nitrogens with two attached hydrogens (primary N) is 1.